The molecular weight excluding hydrogens is 822 g/mol. The molecule has 2 aromatic heterocycles. The average molecular weight is 896 g/mol. The number of aromatic nitrogens is 1. The Kier molecular flexibility index (Phi) is 8.64. The minimum Gasteiger partial charge on any atom is -0.335 e. The fourth-order valence-electron chi connectivity index (χ4n) is 13.7. The topological polar surface area (TPSA) is 10.9 Å². The lowest BCUT2D eigenvalue weighted by molar-refractivity contribution is 0.195. The number of nitrogens with zero attached hydrogens (tertiary/aromatic N) is 3. The Bertz CT molecular complexity index is 3460. The Hall–Kier alpha value is -5.22. The smallest absolute Gasteiger partial charge is 0.252 e. The molecule has 4 heteroatoms. The number of hydrogen-bond donors (Lipinski definition) is 0. The van der Waals surface area contributed by atoms with Crippen LogP contribution in [0.2, 0.25) is 0 Å². The van der Waals surface area contributed by atoms with Gasteiger partial charge in [0.05, 0.1) is 27.8 Å². The highest BCUT2D eigenvalue weighted by Gasteiger charge is 2.62. The van der Waals surface area contributed by atoms with Gasteiger partial charge in [-0.25, -0.2) is 0 Å². The highest BCUT2D eigenvalue weighted by atomic mass is 15.3. The second kappa shape index (κ2) is 13.3. The van der Waals surface area contributed by atoms with Gasteiger partial charge >= 0.3 is 0 Å². The van der Waals surface area contributed by atoms with Crippen molar-refractivity contribution in [2.75, 3.05) is 9.80 Å². The summed E-state index contributed by atoms with van der Waals surface area (Å²) in [5.74, 6) is 0. The molecule has 5 heterocycles. The van der Waals surface area contributed by atoms with Crippen molar-refractivity contribution in [1.82, 2.24) is 4.40 Å². The van der Waals surface area contributed by atoms with Gasteiger partial charge in [-0.3, -0.25) is 0 Å². The Morgan fingerprint density at radius 1 is 0.471 bits per heavy atom. The van der Waals surface area contributed by atoms with Gasteiger partial charge in [-0.05, 0) is 139 Å². The first-order chi connectivity index (χ1) is 31.6. The van der Waals surface area contributed by atoms with E-state index in [0.717, 1.165) is 6.42 Å². The predicted molar refractivity (Wildman–Crippen MR) is 297 cm³/mol. The van der Waals surface area contributed by atoms with Crippen LogP contribution in [-0.2, 0) is 32.5 Å². The lowest BCUT2D eigenvalue weighted by Crippen LogP contribution is -2.64. The van der Waals surface area contributed by atoms with Crippen LogP contribution in [0, 0.1) is 0 Å². The molecule has 6 aromatic carbocycles. The van der Waals surface area contributed by atoms with Crippen molar-refractivity contribution < 1.29 is 0 Å². The van der Waals surface area contributed by atoms with Crippen molar-refractivity contribution in [3.8, 4) is 0 Å². The summed E-state index contributed by atoms with van der Waals surface area (Å²) in [6, 6.07) is 37.5. The first-order valence-electron chi connectivity index (χ1n) is 26.0. The van der Waals surface area contributed by atoms with Crippen molar-refractivity contribution >= 4 is 89.6 Å². The zero-order chi connectivity index (χ0) is 48.4. The van der Waals surface area contributed by atoms with E-state index in [1.807, 2.05) is 0 Å². The normalized spacial score (nSPS) is 20.5. The summed E-state index contributed by atoms with van der Waals surface area (Å²) in [7, 11) is 0. The highest BCUT2D eigenvalue weighted by Crippen LogP contribution is 2.64. The monoisotopic (exact) mass is 896 g/mol. The Labute approximate surface area is 407 Å². The van der Waals surface area contributed by atoms with E-state index in [2.05, 4.69) is 223 Å². The summed E-state index contributed by atoms with van der Waals surface area (Å²) in [4.78, 5) is 5.74. The van der Waals surface area contributed by atoms with E-state index >= 15 is 0 Å². The fourth-order valence-corrected chi connectivity index (χ4v) is 13.7. The van der Waals surface area contributed by atoms with E-state index in [-0.39, 0.29) is 44.7 Å². The molecule has 348 valence electrons. The summed E-state index contributed by atoms with van der Waals surface area (Å²) in [6.45, 7) is 41.1. The molecule has 0 N–H and O–H groups in total. The Morgan fingerprint density at radius 2 is 0.956 bits per heavy atom. The van der Waals surface area contributed by atoms with Crippen LogP contribution in [0.4, 0.5) is 28.4 Å². The van der Waals surface area contributed by atoms with Crippen molar-refractivity contribution in [1.29, 1.82) is 0 Å². The van der Waals surface area contributed by atoms with Crippen LogP contribution >= 0.6 is 0 Å². The maximum absolute atomic E-state index is 3.01. The third-order valence-corrected chi connectivity index (χ3v) is 18.0. The maximum Gasteiger partial charge on any atom is 0.252 e. The number of benzene rings is 6. The summed E-state index contributed by atoms with van der Waals surface area (Å²) in [5.41, 5.74) is 23.6. The second-order valence-corrected chi connectivity index (χ2v) is 27.5. The first-order valence-corrected chi connectivity index (χ1v) is 26.0. The molecule has 2 atom stereocenters. The zero-order valence-electron chi connectivity index (χ0n) is 44.4. The van der Waals surface area contributed by atoms with Crippen LogP contribution in [-0.4, -0.2) is 16.7 Å². The molecule has 0 bridgehead atoms. The maximum atomic E-state index is 3.01. The lowest BCUT2D eigenvalue weighted by atomic mass is 9.33. The molecule has 2 unspecified atom stereocenters. The molecule has 8 aromatic rings. The van der Waals surface area contributed by atoms with Crippen molar-refractivity contribution in [2.45, 2.75) is 181 Å². The van der Waals surface area contributed by atoms with Gasteiger partial charge in [-0.15, -0.1) is 0 Å². The van der Waals surface area contributed by atoms with Gasteiger partial charge in [0, 0.05) is 49.7 Å². The molecule has 0 spiro atoms. The molecule has 0 radical (unpaired) electrons. The van der Waals surface area contributed by atoms with E-state index in [4.69, 9.17) is 0 Å². The van der Waals surface area contributed by atoms with Crippen LogP contribution in [0.15, 0.2) is 91.0 Å². The third-order valence-electron chi connectivity index (χ3n) is 18.0. The minimum atomic E-state index is -0.130. The first kappa shape index (κ1) is 44.0. The van der Waals surface area contributed by atoms with Gasteiger partial charge in [0.2, 0.25) is 0 Å². The highest BCUT2D eigenvalue weighted by molar-refractivity contribution is 7.01. The summed E-state index contributed by atoms with van der Waals surface area (Å²) in [6.07, 6.45) is 4.86. The van der Waals surface area contributed by atoms with Gasteiger partial charge in [0.25, 0.3) is 6.71 Å². The van der Waals surface area contributed by atoms with E-state index in [0.29, 0.717) is 0 Å². The standard InChI is InChI=1S/C64H74BN3/c1-58(2,3)37-20-25-42(26-21-37)66-50-29-24-40(61(10,11)12)35-46(50)65-47-36-41(62(13,14)15)34-45-54(47)68(64(17)31-19-18-30-63(45,64)16)57-52-44-33-39(60(7,8)9)23-28-49(44)67-48-27-22-38(59(4,5)6)32-43(48)51(55(52)67)56(66)53(57)65/h20-29,32-36H,18-19,30-31H2,1-17H3. The van der Waals surface area contributed by atoms with Gasteiger partial charge in [0.1, 0.15) is 0 Å². The van der Waals surface area contributed by atoms with Crippen LogP contribution in [0.1, 0.15) is 177 Å². The number of hydrogen-bond acceptors (Lipinski definition) is 2. The van der Waals surface area contributed by atoms with Crippen molar-refractivity contribution in [2.24, 2.45) is 0 Å². The summed E-state index contributed by atoms with van der Waals surface area (Å²) in [5, 5.41) is 5.56. The lowest BCUT2D eigenvalue weighted by Gasteiger charge is -2.53. The molecule has 4 aliphatic rings. The molecule has 3 aliphatic heterocycles. The molecular formula is C64H74BN3. The van der Waals surface area contributed by atoms with Gasteiger partial charge in [-0.1, -0.05) is 172 Å². The molecule has 1 saturated carbocycles. The van der Waals surface area contributed by atoms with Gasteiger partial charge in [-0.2, -0.15) is 0 Å². The predicted octanol–water partition coefficient (Wildman–Crippen LogP) is 15.7. The van der Waals surface area contributed by atoms with E-state index in [1.54, 1.807) is 5.56 Å². The molecule has 0 saturated heterocycles. The number of rotatable bonds is 1. The summed E-state index contributed by atoms with van der Waals surface area (Å²) >= 11 is 0. The van der Waals surface area contributed by atoms with E-state index in [9.17, 15) is 0 Å². The Balaban J connectivity index is 1.38. The molecule has 1 fully saturated rings. The third kappa shape index (κ3) is 5.67. The SMILES string of the molecule is CC(C)(C)c1ccc(N2c3ccc(C(C)(C)C)cc3B3c4cc(C(C)(C)C)cc5c4N(c4c3c2c2c3cc(C(C)(C)C)ccc3n3c6ccc(C(C)(C)C)cc6c4c23)C2(C)CCCCC52C)cc1. The van der Waals surface area contributed by atoms with E-state index in [1.165, 1.54) is 130 Å². The van der Waals surface area contributed by atoms with E-state index < -0.39 is 0 Å². The molecule has 12 rings (SSSR count). The van der Waals surface area contributed by atoms with Crippen LogP contribution in [0.3, 0.4) is 0 Å². The molecule has 68 heavy (non-hydrogen) atoms. The Morgan fingerprint density at radius 3 is 1.51 bits per heavy atom. The van der Waals surface area contributed by atoms with Crippen molar-refractivity contribution in [3.63, 3.8) is 0 Å². The average Bonchev–Trinajstić information content (AvgIpc) is 3.84. The van der Waals surface area contributed by atoms with Crippen LogP contribution < -0.4 is 26.2 Å². The van der Waals surface area contributed by atoms with Gasteiger partial charge < -0.3 is 14.2 Å². The summed E-state index contributed by atoms with van der Waals surface area (Å²) < 4.78 is 2.69. The number of anilines is 5. The number of fused-ring (bicyclic) bond motifs is 15. The van der Waals surface area contributed by atoms with Crippen molar-refractivity contribution in [3.05, 3.63) is 124 Å². The quantitative estimate of drug-likeness (QED) is 0.152. The second-order valence-electron chi connectivity index (χ2n) is 27.5. The molecule has 1 aliphatic carbocycles. The van der Waals surface area contributed by atoms with Gasteiger partial charge in [0.15, 0.2) is 0 Å². The minimum absolute atomic E-state index is 0.00788. The van der Waals surface area contributed by atoms with Crippen LogP contribution in [0.5, 0.6) is 0 Å². The zero-order valence-corrected chi connectivity index (χ0v) is 44.4. The fraction of sp³-hybridized carbons (Fsp3) is 0.438. The molecule has 0 amide bonds. The largest absolute Gasteiger partial charge is 0.335 e. The molecule has 3 nitrogen and oxygen atoms in total. The van der Waals surface area contributed by atoms with Crippen LogP contribution in [0.25, 0.3) is 38.1 Å².